The van der Waals surface area contributed by atoms with E-state index < -0.39 is 0 Å². The van der Waals surface area contributed by atoms with Gasteiger partial charge in [0.25, 0.3) is 0 Å². The highest BCUT2D eigenvalue weighted by Gasteiger charge is 2.09. The van der Waals surface area contributed by atoms with E-state index in [2.05, 4.69) is 20.4 Å². The lowest BCUT2D eigenvalue weighted by Gasteiger charge is -2.21. The molecule has 112 valence electrons. The van der Waals surface area contributed by atoms with Crippen molar-refractivity contribution in [3.05, 3.63) is 47.4 Å². The van der Waals surface area contributed by atoms with Crippen molar-refractivity contribution >= 4 is 5.96 Å². The average molecular weight is 291 g/mol. The highest BCUT2D eigenvalue weighted by molar-refractivity contribution is 5.79. The van der Waals surface area contributed by atoms with Gasteiger partial charge in [-0.3, -0.25) is 4.99 Å². The van der Waals surface area contributed by atoms with Gasteiger partial charge in [0.1, 0.15) is 5.82 Å². The van der Waals surface area contributed by atoms with Crippen LogP contribution in [0.5, 0.6) is 0 Å². The van der Waals surface area contributed by atoms with Gasteiger partial charge in [0.05, 0.1) is 6.54 Å². The molecular formula is C14H18FN5O. The van der Waals surface area contributed by atoms with Crippen molar-refractivity contribution in [2.75, 3.05) is 14.1 Å². The van der Waals surface area contributed by atoms with E-state index in [1.165, 1.54) is 12.1 Å². The molecule has 0 aliphatic carbocycles. The van der Waals surface area contributed by atoms with Crippen molar-refractivity contribution in [2.24, 2.45) is 4.99 Å². The highest BCUT2D eigenvalue weighted by atomic mass is 19.1. The lowest BCUT2D eigenvalue weighted by atomic mass is 10.2. The zero-order valence-corrected chi connectivity index (χ0v) is 12.3. The Morgan fingerprint density at radius 2 is 2.29 bits per heavy atom. The first-order valence-electron chi connectivity index (χ1n) is 6.54. The number of halogens is 1. The Morgan fingerprint density at radius 1 is 1.48 bits per heavy atom. The van der Waals surface area contributed by atoms with Crippen LogP contribution in [0.25, 0.3) is 0 Å². The topological polar surface area (TPSA) is 66.5 Å². The summed E-state index contributed by atoms with van der Waals surface area (Å²) >= 11 is 0. The van der Waals surface area contributed by atoms with Crippen molar-refractivity contribution in [2.45, 2.75) is 20.0 Å². The summed E-state index contributed by atoms with van der Waals surface area (Å²) in [6, 6.07) is 6.49. The molecule has 0 aliphatic heterocycles. The Labute approximate surface area is 122 Å². The molecule has 6 nitrogen and oxygen atoms in total. The molecule has 21 heavy (non-hydrogen) atoms. The molecule has 0 aliphatic rings. The molecule has 0 saturated carbocycles. The molecule has 1 aromatic heterocycles. The number of aryl methyl sites for hydroxylation is 1. The predicted octanol–water partition coefficient (Wildman–Crippen LogP) is 1.72. The van der Waals surface area contributed by atoms with Gasteiger partial charge in [-0.05, 0) is 17.7 Å². The fraction of sp³-hybridized carbons (Fsp3) is 0.357. The van der Waals surface area contributed by atoms with Crippen LogP contribution in [0.4, 0.5) is 4.39 Å². The van der Waals surface area contributed by atoms with E-state index in [0.29, 0.717) is 30.8 Å². The molecule has 7 heteroatoms. The van der Waals surface area contributed by atoms with Crippen LogP contribution in [0.3, 0.4) is 0 Å². The molecule has 2 aromatic rings. The van der Waals surface area contributed by atoms with E-state index in [-0.39, 0.29) is 5.82 Å². The number of guanidine groups is 1. The van der Waals surface area contributed by atoms with Crippen LogP contribution in [-0.2, 0) is 13.1 Å². The quantitative estimate of drug-likeness (QED) is 0.686. The molecular weight excluding hydrogens is 273 g/mol. The van der Waals surface area contributed by atoms with Crippen molar-refractivity contribution < 1.29 is 8.91 Å². The van der Waals surface area contributed by atoms with Crippen molar-refractivity contribution in [3.63, 3.8) is 0 Å². The van der Waals surface area contributed by atoms with Crippen LogP contribution in [-0.4, -0.2) is 35.1 Å². The number of nitrogens with zero attached hydrogens (tertiary/aromatic N) is 4. The predicted molar refractivity (Wildman–Crippen MR) is 77.1 cm³/mol. The van der Waals surface area contributed by atoms with Gasteiger partial charge in [0.15, 0.2) is 11.8 Å². The lowest BCUT2D eigenvalue weighted by molar-refractivity contribution is 0.386. The van der Waals surface area contributed by atoms with Gasteiger partial charge >= 0.3 is 0 Å². The third-order valence-electron chi connectivity index (χ3n) is 2.86. The van der Waals surface area contributed by atoms with E-state index in [1.54, 1.807) is 20.0 Å². The Balaban J connectivity index is 1.94. The average Bonchev–Trinajstić information content (AvgIpc) is 2.85. The Hall–Kier alpha value is -2.44. The van der Waals surface area contributed by atoms with Crippen LogP contribution in [0.1, 0.15) is 17.3 Å². The molecule has 0 radical (unpaired) electrons. The van der Waals surface area contributed by atoms with Crippen molar-refractivity contribution in [1.82, 2.24) is 20.4 Å². The highest BCUT2D eigenvalue weighted by Crippen LogP contribution is 2.06. The minimum absolute atomic E-state index is 0.244. The minimum Gasteiger partial charge on any atom is -0.349 e. The maximum atomic E-state index is 13.2. The first-order chi connectivity index (χ1) is 10.1. The van der Waals surface area contributed by atoms with E-state index in [4.69, 9.17) is 4.52 Å². The van der Waals surface area contributed by atoms with Gasteiger partial charge in [0.2, 0.25) is 5.89 Å². The van der Waals surface area contributed by atoms with Crippen LogP contribution in [0, 0.1) is 12.7 Å². The number of nitrogens with one attached hydrogen (secondary N) is 1. The summed E-state index contributed by atoms with van der Waals surface area (Å²) in [5, 5.41) is 6.94. The van der Waals surface area contributed by atoms with Gasteiger partial charge in [-0.15, -0.1) is 0 Å². The van der Waals surface area contributed by atoms with Crippen LogP contribution in [0.15, 0.2) is 33.8 Å². The first-order valence-corrected chi connectivity index (χ1v) is 6.54. The second-order valence-corrected chi connectivity index (χ2v) is 4.62. The van der Waals surface area contributed by atoms with Crippen molar-refractivity contribution in [1.29, 1.82) is 0 Å². The van der Waals surface area contributed by atoms with Crippen LogP contribution in [0.2, 0.25) is 0 Å². The summed E-state index contributed by atoms with van der Waals surface area (Å²) in [6.07, 6.45) is 0. The molecule has 0 saturated heterocycles. The molecule has 0 atom stereocenters. The van der Waals surface area contributed by atoms with E-state index >= 15 is 0 Å². The van der Waals surface area contributed by atoms with E-state index in [1.807, 2.05) is 18.0 Å². The monoisotopic (exact) mass is 291 g/mol. The van der Waals surface area contributed by atoms with Gasteiger partial charge in [-0.1, -0.05) is 17.3 Å². The van der Waals surface area contributed by atoms with Crippen molar-refractivity contribution in [3.8, 4) is 0 Å². The maximum absolute atomic E-state index is 13.2. The van der Waals surface area contributed by atoms with Gasteiger partial charge in [-0.2, -0.15) is 4.98 Å². The summed E-state index contributed by atoms with van der Waals surface area (Å²) in [6.45, 7) is 2.70. The smallest absolute Gasteiger partial charge is 0.223 e. The fourth-order valence-electron chi connectivity index (χ4n) is 1.94. The third kappa shape index (κ3) is 4.27. The number of aliphatic imine (C=N–C) groups is 1. The molecule has 0 spiro atoms. The largest absolute Gasteiger partial charge is 0.349 e. The Kier molecular flexibility index (Phi) is 4.86. The molecule has 0 fully saturated rings. The molecule has 0 amide bonds. The second-order valence-electron chi connectivity index (χ2n) is 4.62. The van der Waals surface area contributed by atoms with Crippen LogP contribution < -0.4 is 5.32 Å². The normalized spacial score (nSPS) is 11.5. The summed E-state index contributed by atoms with van der Waals surface area (Å²) in [7, 11) is 3.56. The van der Waals surface area contributed by atoms with Crippen LogP contribution >= 0.6 is 0 Å². The number of rotatable bonds is 4. The summed E-state index contributed by atoms with van der Waals surface area (Å²) in [5.74, 6) is 1.51. The molecule has 1 aromatic carbocycles. The molecule has 1 N–H and O–H groups in total. The summed E-state index contributed by atoms with van der Waals surface area (Å²) in [5.41, 5.74) is 0.871. The van der Waals surface area contributed by atoms with E-state index in [9.17, 15) is 4.39 Å². The van der Waals surface area contributed by atoms with Gasteiger partial charge < -0.3 is 14.7 Å². The van der Waals surface area contributed by atoms with Gasteiger partial charge in [-0.25, -0.2) is 4.39 Å². The molecule has 0 bridgehead atoms. The zero-order valence-electron chi connectivity index (χ0n) is 12.3. The SMILES string of the molecule is CN=C(NCc1noc(C)n1)N(C)Cc1cccc(F)c1. The minimum atomic E-state index is -0.244. The number of aromatic nitrogens is 2. The van der Waals surface area contributed by atoms with Gasteiger partial charge in [0, 0.05) is 27.6 Å². The Bertz CT molecular complexity index is 625. The molecule has 1 heterocycles. The third-order valence-corrected chi connectivity index (χ3v) is 2.86. The fourth-order valence-corrected chi connectivity index (χ4v) is 1.94. The maximum Gasteiger partial charge on any atom is 0.223 e. The summed E-state index contributed by atoms with van der Waals surface area (Å²) in [4.78, 5) is 10.2. The number of hydrogen-bond donors (Lipinski definition) is 1. The number of benzene rings is 1. The number of hydrogen-bond acceptors (Lipinski definition) is 4. The van der Waals surface area contributed by atoms with E-state index in [0.717, 1.165) is 5.56 Å². The second kappa shape index (κ2) is 6.83. The lowest BCUT2D eigenvalue weighted by Crippen LogP contribution is -2.38. The summed E-state index contributed by atoms with van der Waals surface area (Å²) < 4.78 is 18.1. The standard InChI is InChI=1S/C14H18FN5O/c1-10-18-13(19-21-10)8-17-14(16-2)20(3)9-11-5-4-6-12(15)7-11/h4-7H,8-9H2,1-3H3,(H,16,17). The Morgan fingerprint density at radius 3 is 2.90 bits per heavy atom. The zero-order chi connectivity index (χ0) is 15.2. The molecule has 2 rings (SSSR count). The first kappa shape index (κ1) is 15.0. The molecule has 0 unspecified atom stereocenters.